The monoisotopic (exact) mass is 288 g/mol. The van der Waals surface area contributed by atoms with Gasteiger partial charge in [0.15, 0.2) is 0 Å². The molecule has 0 saturated carbocycles. The molecule has 0 aliphatic carbocycles. The van der Waals surface area contributed by atoms with Crippen LogP contribution >= 0.6 is 0 Å². The number of rotatable bonds is 6. The van der Waals surface area contributed by atoms with Crippen molar-refractivity contribution in [2.24, 2.45) is 5.41 Å². The standard InChI is InChI=1S/C13H24N2O5/c1-6-15(8-9(16)20-7-2)12(19)14-10(11(17)18)13(3,4)5/h10H,6-8H2,1-5H3,(H,14,19)(H,17,18). The third kappa shape index (κ3) is 5.90. The number of nitrogens with zero attached hydrogens (tertiary/aromatic N) is 1. The summed E-state index contributed by atoms with van der Waals surface area (Å²) in [5, 5.41) is 11.6. The first-order valence-electron chi connectivity index (χ1n) is 6.57. The number of aliphatic carboxylic acids is 1. The molecule has 1 unspecified atom stereocenters. The van der Waals surface area contributed by atoms with Crippen molar-refractivity contribution in [3.05, 3.63) is 0 Å². The molecule has 0 radical (unpaired) electrons. The van der Waals surface area contributed by atoms with E-state index < -0.39 is 29.4 Å². The van der Waals surface area contributed by atoms with Gasteiger partial charge in [0.05, 0.1) is 6.61 Å². The van der Waals surface area contributed by atoms with E-state index >= 15 is 0 Å². The molecule has 7 nitrogen and oxygen atoms in total. The number of likely N-dealkylation sites (N-methyl/N-ethyl adjacent to an activating group) is 1. The predicted molar refractivity (Wildman–Crippen MR) is 73.3 cm³/mol. The van der Waals surface area contributed by atoms with Gasteiger partial charge < -0.3 is 20.1 Å². The van der Waals surface area contributed by atoms with Gasteiger partial charge in [-0.3, -0.25) is 4.79 Å². The van der Waals surface area contributed by atoms with E-state index in [0.717, 1.165) is 0 Å². The van der Waals surface area contributed by atoms with Crippen molar-refractivity contribution in [3.63, 3.8) is 0 Å². The maximum Gasteiger partial charge on any atom is 0.326 e. The minimum absolute atomic E-state index is 0.202. The van der Waals surface area contributed by atoms with E-state index in [1.54, 1.807) is 34.6 Å². The molecule has 0 aromatic heterocycles. The smallest absolute Gasteiger partial charge is 0.326 e. The molecule has 0 rings (SSSR count). The summed E-state index contributed by atoms with van der Waals surface area (Å²) in [6.07, 6.45) is 0. The van der Waals surface area contributed by atoms with Gasteiger partial charge in [-0.1, -0.05) is 20.8 Å². The zero-order valence-electron chi connectivity index (χ0n) is 12.7. The number of amides is 2. The van der Waals surface area contributed by atoms with Crippen LogP contribution in [0.2, 0.25) is 0 Å². The number of urea groups is 1. The summed E-state index contributed by atoms with van der Waals surface area (Å²) in [6.45, 7) is 8.83. The Morgan fingerprint density at radius 2 is 1.80 bits per heavy atom. The number of carboxylic acid groups (broad SMARTS) is 1. The largest absolute Gasteiger partial charge is 0.480 e. The second kappa shape index (κ2) is 7.72. The summed E-state index contributed by atoms with van der Waals surface area (Å²) in [5.41, 5.74) is -0.634. The van der Waals surface area contributed by atoms with Crippen LogP contribution in [0.3, 0.4) is 0 Å². The van der Waals surface area contributed by atoms with Crippen LogP contribution in [0.1, 0.15) is 34.6 Å². The van der Waals surface area contributed by atoms with E-state index in [2.05, 4.69) is 5.32 Å². The highest BCUT2D eigenvalue weighted by atomic mass is 16.5. The van der Waals surface area contributed by atoms with E-state index in [0.29, 0.717) is 0 Å². The molecule has 0 bridgehead atoms. The maximum atomic E-state index is 12.0. The number of carbonyl (C=O) groups excluding carboxylic acids is 2. The molecule has 7 heteroatoms. The van der Waals surface area contributed by atoms with Crippen molar-refractivity contribution >= 4 is 18.0 Å². The average molecular weight is 288 g/mol. The second-order valence-electron chi connectivity index (χ2n) is 5.41. The van der Waals surface area contributed by atoms with Crippen molar-refractivity contribution in [1.29, 1.82) is 0 Å². The van der Waals surface area contributed by atoms with Crippen molar-refractivity contribution in [3.8, 4) is 0 Å². The van der Waals surface area contributed by atoms with Gasteiger partial charge in [0.25, 0.3) is 0 Å². The number of ether oxygens (including phenoxy) is 1. The number of carboxylic acids is 1. The summed E-state index contributed by atoms with van der Waals surface area (Å²) in [5.74, 6) is -1.63. The molecule has 0 saturated heterocycles. The topological polar surface area (TPSA) is 95.9 Å². The van der Waals surface area contributed by atoms with Crippen LogP contribution in [0.15, 0.2) is 0 Å². The lowest BCUT2D eigenvalue weighted by Crippen LogP contribution is -2.54. The van der Waals surface area contributed by atoms with Crippen LogP contribution in [-0.4, -0.2) is 53.7 Å². The molecule has 2 amide bonds. The quantitative estimate of drug-likeness (QED) is 0.713. The van der Waals surface area contributed by atoms with Crippen molar-refractivity contribution in [1.82, 2.24) is 10.2 Å². The maximum absolute atomic E-state index is 12.0. The highest BCUT2D eigenvalue weighted by molar-refractivity contribution is 5.85. The summed E-state index contributed by atoms with van der Waals surface area (Å²) >= 11 is 0. The van der Waals surface area contributed by atoms with Gasteiger partial charge in [0.1, 0.15) is 12.6 Å². The van der Waals surface area contributed by atoms with E-state index in [1.807, 2.05) is 0 Å². The van der Waals surface area contributed by atoms with Crippen LogP contribution in [0, 0.1) is 5.41 Å². The Morgan fingerprint density at radius 3 is 2.15 bits per heavy atom. The van der Waals surface area contributed by atoms with Crippen molar-refractivity contribution in [2.45, 2.75) is 40.7 Å². The van der Waals surface area contributed by atoms with Gasteiger partial charge in [-0.25, -0.2) is 9.59 Å². The normalized spacial score (nSPS) is 12.4. The van der Waals surface area contributed by atoms with Gasteiger partial charge in [0.2, 0.25) is 0 Å². The van der Waals surface area contributed by atoms with Gasteiger partial charge >= 0.3 is 18.0 Å². The number of carbonyl (C=O) groups is 3. The summed E-state index contributed by atoms with van der Waals surface area (Å²) in [7, 11) is 0. The molecular weight excluding hydrogens is 264 g/mol. The Hall–Kier alpha value is -1.79. The van der Waals surface area contributed by atoms with Crippen LogP contribution in [0.4, 0.5) is 4.79 Å². The number of hydrogen-bond acceptors (Lipinski definition) is 4. The number of nitrogens with one attached hydrogen (secondary N) is 1. The fourth-order valence-electron chi connectivity index (χ4n) is 1.55. The van der Waals surface area contributed by atoms with Crippen molar-refractivity contribution in [2.75, 3.05) is 19.7 Å². The molecule has 1 atom stereocenters. The molecular formula is C13H24N2O5. The molecule has 0 heterocycles. The molecule has 20 heavy (non-hydrogen) atoms. The molecule has 116 valence electrons. The predicted octanol–water partition coefficient (Wildman–Crippen LogP) is 1.08. The Bertz CT molecular complexity index is 362. The van der Waals surface area contributed by atoms with Crippen LogP contribution in [0.5, 0.6) is 0 Å². The Morgan fingerprint density at radius 1 is 1.25 bits per heavy atom. The first-order valence-corrected chi connectivity index (χ1v) is 6.57. The summed E-state index contributed by atoms with van der Waals surface area (Å²) in [4.78, 5) is 35.8. The Labute approximate surface area is 119 Å². The molecule has 0 aromatic carbocycles. The highest BCUT2D eigenvalue weighted by Crippen LogP contribution is 2.19. The van der Waals surface area contributed by atoms with E-state index in [4.69, 9.17) is 9.84 Å². The molecule has 0 aromatic rings. The average Bonchev–Trinajstić information content (AvgIpc) is 2.31. The number of hydrogen-bond donors (Lipinski definition) is 2. The van der Waals surface area contributed by atoms with Crippen LogP contribution in [0.25, 0.3) is 0 Å². The SMILES string of the molecule is CCOC(=O)CN(CC)C(=O)NC(C(=O)O)C(C)(C)C. The zero-order chi connectivity index (χ0) is 15.9. The minimum Gasteiger partial charge on any atom is -0.480 e. The lowest BCUT2D eigenvalue weighted by atomic mass is 9.87. The Kier molecular flexibility index (Phi) is 7.02. The molecule has 0 aliphatic heterocycles. The lowest BCUT2D eigenvalue weighted by Gasteiger charge is -2.30. The number of esters is 1. The lowest BCUT2D eigenvalue weighted by molar-refractivity contribution is -0.143. The molecule has 0 spiro atoms. The zero-order valence-corrected chi connectivity index (χ0v) is 12.7. The van der Waals surface area contributed by atoms with Gasteiger partial charge in [-0.15, -0.1) is 0 Å². The van der Waals surface area contributed by atoms with Crippen LogP contribution < -0.4 is 5.32 Å². The first-order chi connectivity index (χ1) is 9.13. The second-order valence-corrected chi connectivity index (χ2v) is 5.41. The molecule has 0 fully saturated rings. The fourth-order valence-corrected chi connectivity index (χ4v) is 1.55. The third-order valence-corrected chi connectivity index (χ3v) is 2.68. The fraction of sp³-hybridized carbons (Fsp3) is 0.769. The van der Waals surface area contributed by atoms with Gasteiger partial charge in [-0.2, -0.15) is 0 Å². The van der Waals surface area contributed by atoms with Crippen molar-refractivity contribution < 1.29 is 24.2 Å². The highest BCUT2D eigenvalue weighted by Gasteiger charge is 2.33. The van der Waals surface area contributed by atoms with Crippen LogP contribution in [-0.2, 0) is 14.3 Å². The van der Waals surface area contributed by atoms with Gasteiger partial charge in [-0.05, 0) is 19.3 Å². The molecule has 0 aliphatic rings. The van der Waals surface area contributed by atoms with E-state index in [-0.39, 0.29) is 19.7 Å². The minimum atomic E-state index is -1.11. The molecule has 2 N–H and O–H groups in total. The first kappa shape index (κ1) is 18.2. The summed E-state index contributed by atoms with van der Waals surface area (Å²) < 4.78 is 4.77. The van der Waals surface area contributed by atoms with E-state index in [9.17, 15) is 14.4 Å². The Balaban J connectivity index is 4.76. The summed E-state index contributed by atoms with van der Waals surface area (Å²) in [6, 6.07) is -1.63. The van der Waals surface area contributed by atoms with Gasteiger partial charge in [0, 0.05) is 6.54 Å². The van der Waals surface area contributed by atoms with E-state index in [1.165, 1.54) is 4.90 Å². The third-order valence-electron chi connectivity index (χ3n) is 2.68.